The third-order valence-electron chi connectivity index (χ3n) is 4.04. The highest BCUT2D eigenvalue weighted by Gasteiger charge is 2.14. The van der Waals surface area contributed by atoms with Crippen molar-refractivity contribution >= 4 is 28.6 Å². The summed E-state index contributed by atoms with van der Waals surface area (Å²) in [6.07, 6.45) is 2.65. The molecule has 128 valence electrons. The normalized spacial score (nSPS) is 17.8. The van der Waals surface area contributed by atoms with Crippen LogP contribution in [0, 0.1) is 0 Å². The summed E-state index contributed by atoms with van der Waals surface area (Å²) in [5, 5.41) is 6.95. The number of aromatic amines is 1. The number of para-hydroxylation sites is 1. The van der Waals surface area contributed by atoms with Crippen molar-refractivity contribution in [1.82, 2.24) is 20.6 Å². The number of piperidine rings is 1. The van der Waals surface area contributed by atoms with E-state index >= 15 is 0 Å². The summed E-state index contributed by atoms with van der Waals surface area (Å²) in [5.74, 6) is 2.05. The van der Waals surface area contributed by atoms with Crippen LogP contribution < -0.4 is 16.2 Å². The van der Waals surface area contributed by atoms with Gasteiger partial charge in [-0.2, -0.15) is 11.8 Å². The van der Waals surface area contributed by atoms with E-state index in [9.17, 15) is 9.59 Å². The van der Waals surface area contributed by atoms with Crippen LogP contribution in [-0.2, 0) is 10.5 Å². The Balaban J connectivity index is 1.44. The van der Waals surface area contributed by atoms with Gasteiger partial charge in [-0.1, -0.05) is 12.1 Å². The van der Waals surface area contributed by atoms with Gasteiger partial charge in [-0.15, -0.1) is 0 Å². The minimum absolute atomic E-state index is 0.0937. The molecule has 1 amide bonds. The van der Waals surface area contributed by atoms with Gasteiger partial charge in [-0.25, -0.2) is 4.98 Å². The van der Waals surface area contributed by atoms with E-state index in [-0.39, 0.29) is 17.5 Å². The van der Waals surface area contributed by atoms with Crippen LogP contribution >= 0.6 is 11.8 Å². The Labute approximate surface area is 144 Å². The monoisotopic (exact) mass is 346 g/mol. The number of carbonyl (C=O) groups excluding carboxylic acids is 1. The lowest BCUT2D eigenvalue weighted by molar-refractivity contribution is -0.121. The van der Waals surface area contributed by atoms with Gasteiger partial charge >= 0.3 is 0 Å². The Morgan fingerprint density at radius 2 is 2.25 bits per heavy atom. The quantitative estimate of drug-likeness (QED) is 0.689. The minimum atomic E-state index is -0.112. The lowest BCUT2D eigenvalue weighted by atomic mass is 10.1. The molecular weight excluding hydrogens is 324 g/mol. The number of thioether (sulfide) groups is 1. The van der Waals surface area contributed by atoms with Crippen molar-refractivity contribution in [2.45, 2.75) is 31.1 Å². The Hall–Kier alpha value is -1.86. The number of nitrogens with one attached hydrogen (secondary N) is 3. The van der Waals surface area contributed by atoms with E-state index in [0.29, 0.717) is 34.7 Å². The molecule has 6 nitrogen and oxygen atoms in total. The van der Waals surface area contributed by atoms with Crippen LogP contribution in [0.1, 0.15) is 25.1 Å². The number of hydrogen-bond acceptors (Lipinski definition) is 5. The van der Waals surface area contributed by atoms with Crippen molar-refractivity contribution in [1.29, 1.82) is 0 Å². The molecule has 2 heterocycles. The Kier molecular flexibility index (Phi) is 5.87. The molecule has 0 spiro atoms. The molecule has 7 heteroatoms. The number of benzene rings is 1. The maximum Gasteiger partial charge on any atom is 0.258 e. The van der Waals surface area contributed by atoms with E-state index < -0.39 is 0 Å². The molecule has 1 aromatic heterocycles. The van der Waals surface area contributed by atoms with Crippen LogP contribution in [0.15, 0.2) is 29.1 Å². The number of H-pyrrole nitrogens is 1. The number of hydrogen-bond donors (Lipinski definition) is 3. The highest BCUT2D eigenvalue weighted by molar-refractivity contribution is 7.98. The largest absolute Gasteiger partial charge is 0.352 e. The molecular formula is C17H22N4O2S. The van der Waals surface area contributed by atoms with Crippen molar-refractivity contribution in [3.8, 4) is 0 Å². The fraction of sp³-hybridized carbons (Fsp3) is 0.471. The Morgan fingerprint density at radius 1 is 1.38 bits per heavy atom. The van der Waals surface area contributed by atoms with Gasteiger partial charge in [0.05, 0.1) is 16.7 Å². The zero-order valence-electron chi connectivity index (χ0n) is 13.5. The van der Waals surface area contributed by atoms with Crippen LogP contribution in [0.25, 0.3) is 10.9 Å². The molecule has 3 rings (SSSR count). The molecule has 24 heavy (non-hydrogen) atoms. The number of rotatable bonds is 6. The molecule has 1 atom stereocenters. The van der Waals surface area contributed by atoms with E-state index in [4.69, 9.17) is 0 Å². The molecule has 1 unspecified atom stereocenters. The summed E-state index contributed by atoms with van der Waals surface area (Å²) in [7, 11) is 0. The molecule has 1 aliphatic heterocycles. The third-order valence-corrected chi connectivity index (χ3v) is 5.01. The molecule has 0 radical (unpaired) electrons. The zero-order valence-corrected chi connectivity index (χ0v) is 14.3. The van der Waals surface area contributed by atoms with E-state index in [1.807, 2.05) is 18.2 Å². The first-order valence-corrected chi connectivity index (χ1v) is 9.43. The summed E-state index contributed by atoms with van der Waals surface area (Å²) in [4.78, 5) is 31.2. The van der Waals surface area contributed by atoms with Crippen LogP contribution in [0.4, 0.5) is 0 Å². The van der Waals surface area contributed by atoms with Crippen LogP contribution in [-0.4, -0.2) is 40.8 Å². The van der Waals surface area contributed by atoms with E-state index in [0.717, 1.165) is 25.9 Å². The lowest BCUT2D eigenvalue weighted by Crippen LogP contribution is -2.45. The molecule has 1 saturated heterocycles. The smallest absolute Gasteiger partial charge is 0.258 e. The molecule has 3 N–H and O–H groups in total. The standard InChI is InChI=1S/C17H22N4O2S/c22-16(19-12-4-3-8-18-10-12)7-9-24-11-15-20-14-6-2-1-5-13(14)17(23)21-15/h1-2,5-6,12,18H,3-4,7-11H2,(H,19,22)(H,20,21,23). The molecule has 1 aliphatic rings. The van der Waals surface area contributed by atoms with Crippen LogP contribution in [0.5, 0.6) is 0 Å². The second-order valence-electron chi connectivity index (χ2n) is 5.94. The Bertz CT molecular complexity index is 756. The molecule has 0 saturated carbocycles. The summed E-state index contributed by atoms with van der Waals surface area (Å²) in [6, 6.07) is 7.56. The average molecular weight is 346 g/mol. The van der Waals surface area contributed by atoms with Gasteiger partial charge in [0.2, 0.25) is 5.91 Å². The van der Waals surface area contributed by atoms with Gasteiger partial charge in [0.15, 0.2) is 0 Å². The lowest BCUT2D eigenvalue weighted by Gasteiger charge is -2.23. The van der Waals surface area contributed by atoms with Crippen molar-refractivity contribution in [2.24, 2.45) is 0 Å². The van der Waals surface area contributed by atoms with Gasteiger partial charge in [0.1, 0.15) is 5.82 Å². The molecule has 0 bridgehead atoms. The number of fused-ring (bicyclic) bond motifs is 1. The van der Waals surface area contributed by atoms with E-state index in [2.05, 4.69) is 20.6 Å². The number of nitrogens with zero attached hydrogens (tertiary/aromatic N) is 1. The highest BCUT2D eigenvalue weighted by Crippen LogP contribution is 2.12. The molecule has 2 aromatic rings. The van der Waals surface area contributed by atoms with Crippen molar-refractivity contribution in [2.75, 3.05) is 18.8 Å². The maximum atomic E-state index is 12.0. The first-order chi connectivity index (χ1) is 11.7. The second kappa shape index (κ2) is 8.30. The predicted octanol–water partition coefficient (Wildman–Crippen LogP) is 1.41. The first-order valence-electron chi connectivity index (χ1n) is 8.28. The molecule has 1 aromatic carbocycles. The molecule has 0 aliphatic carbocycles. The minimum Gasteiger partial charge on any atom is -0.352 e. The van der Waals surface area contributed by atoms with Crippen molar-refractivity contribution in [3.63, 3.8) is 0 Å². The van der Waals surface area contributed by atoms with E-state index in [1.54, 1.807) is 17.8 Å². The van der Waals surface area contributed by atoms with Crippen molar-refractivity contribution in [3.05, 3.63) is 40.4 Å². The number of aromatic nitrogens is 2. The van der Waals surface area contributed by atoms with Crippen LogP contribution in [0.2, 0.25) is 0 Å². The fourth-order valence-electron chi connectivity index (χ4n) is 2.81. The number of amides is 1. The zero-order chi connectivity index (χ0) is 16.8. The van der Waals surface area contributed by atoms with Gasteiger partial charge in [-0.3, -0.25) is 9.59 Å². The first kappa shape index (κ1) is 17.0. The fourth-order valence-corrected chi connectivity index (χ4v) is 3.62. The second-order valence-corrected chi connectivity index (χ2v) is 7.05. The topological polar surface area (TPSA) is 86.9 Å². The third kappa shape index (κ3) is 4.58. The summed E-state index contributed by atoms with van der Waals surface area (Å²) in [5.41, 5.74) is 0.595. The number of carbonyl (C=O) groups is 1. The van der Waals surface area contributed by atoms with Gasteiger partial charge < -0.3 is 15.6 Å². The Morgan fingerprint density at radius 3 is 3.08 bits per heavy atom. The SMILES string of the molecule is O=C(CCSCc1nc2ccccc2c(=O)[nH]1)NC1CCCNC1. The molecule has 1 fully saturated rings. The van der Waals surface area contributed by atoms with E-state index in [1.165, 1.54) is 0 Å². The van der Waals surface area contributed by atoms with Crippen LogP contribution in [0.3, 0.4) is 0 Å². The van der Waals surface area contributed by atoms with Gasteiger partial charge in [-0.05, 0) is 31.5 Å². The predicted molar refractivity (Wildman–Crippen MR) is 97.2 cm³/mol. The maximum absolute atomic E-state index is 12.0. The summed E-state index contributed by atoms with van der Waals surface area (Å²) >= 11 is 1.60. The van der Waals surface area contributed by atoms with Gasteiger partial charge in [0.25, 0.3) is 5.56 Å². The highest BCUT2D eigenvalue weighted by atomic mass is 32.2. The van der Waals surface area contributed by atoms with Gasteiger partial charge in [0, 0.05) is 24.8 Å². The average Bonchev–Trinajstić information content (AvgIpc) is 2.60. The summed E-state index contributed by atoms with van der Waals surface area (Å²) in [6.45, 7) is 1.90. The summed E-state index contributed by atoms with van der Waals surface area (Å²) < 4.78 is 0. The van der Waals surface area contributed by atoms with Crippen molar-refractivity contribution < 1.29 is 4.79 Å².